The van der Waals surface area contributed by atoms with Gasteiger partial charge in [0.1, 0.15) is 11.9 Å². The summed E-state index contributed by atoms with van der Waals surface area (Å²) < 4.78 is 5.81. The Hall–Kier alpha value is -1.81. The first kappa shape index (κ1) is 14.1. The van der Waals surface area contributed by atoms with Crippen LogP contribution in [0.15, 0.2) is 30.5 Å². The fourth-order valence-corrected chi connectivity index (χ4v) is 2.51. The summed E-state index contributed by atoms with van der Waals surface area (Å²) in [5.74, 6) is 0.809. The number of pyridine rings is 1. The van der Waals surface area contributed by atoms with Crippen LogP contribution in [0.5, 0.6) is 5.75 Å². The Morgan fingerprint density at radius 1 is 1.48 bits per heavy atom. The highest BCUT2D eigenvalue weighted by molar-refractivity contribution is 6.23. The van der Waals surface area contributed by atoms with Gasteiger partial charge < -0.3 is 10.1 Å². The minimum absolute atomic E-state index is 0.0146. The highest BCUT2D eigenvalue weighted by Gasteiger charge is 2.37. The lowest BCUT2D eigenvalue weighted by molar-refractivity contribution is -0.118. The van der Waals surface area contributed by atoms with Gasteiger partial charge in [0.25, 0.3) is 0 Å². The molecule has 0 radical (unpaired) electrons. The molecule has 1 aliphatic carbocycles. The van der Waals surface area contributed by atoms with Crippen LogP contribution in [0, 0.1) is 0 Å². The van der Waals surface area contributed by atoms with Gasteiger partial charge in [-0.3, -0.25) is 9.78 Å². The minimum Gasteiger partial charge on any atom is -0.489 e. The van der Waals surface area contributed by atoms with Gasteiger partial charge in [-0.2, -0.15) is 0 Å². The molecule has 2 unspecified atom stereocenters. The van der Waals surface area contributed by atoms with Crippen LogP contribution in [0.1, 0.15) is 18.9 Å². The third-order valence-corrected chi connectivity index (χ3v) is 3.98. The van der Waals surface area contributed by atoms with E-state index in [9.17, 15) is 4.79 Å². The standard InChI is InChI=1S/C16H17ClN2O2/c1-10(20)18-6-4-11-5-7-19-15-3-2-12(8-13(11)15)21-16-9-14(16)17/h2-3,5,7-8,14,16H,4,6,9H2,1H3,(H,18,20). The first-order valence-electron chi connectivity index (χ1n) is 7.06. The SMILES string of the molecule is CC(=O)NCCc1ccnc2ccc(OC3CC3Cl)cc12. The fourth-order valence-electron chi connectivity index (χ4n) is 2.29. The molecule has 1 amide bonds. The molecule has 2 atom stereocenters. The average Bonchev–Trinajstić information content (AvgIpc) is 3.14. The number of rotatable bonds is 5. The van der Waals surface area contributed by atoms with Gasteiger partial charge in [-0.25, -0.2) is 0 Å². The molecule has 1 saturated carbocycles. The van der Waals surface area contributed by atoms with E-state index in [2.05, 4.69) is 10.3 Å². The molecule has 21 heavy (non-hydrogen) atoms. The van der Waals surface area contributed by atoms with E-state index in [-0.39, 0.29) is 17.4 Å². The van der Waals surface area contributed by atoms with E-state index in [4.69, 9.17) is 16.3 Å². The average molecular weight is 305 g/mol. The molecule has 0 aliphatic heterocycles. The van der Waals surface area contributed by atoms with Crippen LogP contribution in [-0.2, 0) is 11.2 Å². The summed E-state index contributed by atoms with van der Waals surface area (Å²) in [6, 6.07) is 7.87. The minimum atomic E-state index is -0.0146. The number of ether oxygens (including phenoxy) is 1. The molecule has 4 nitrogen and oxygen atoms in total. The number of carbonyl (C=O) groups is 1. The number of fused-ring (bicyclic) bond motifs is 1. The highest BCUT2D eigenvalue weighted by Crippen LogP contribution is 2.33. The summed E-state index contributed by atoms with van der Waals surface area (Å²) in [5.41, 5.74) is 2.08. The molecular formula is C16H17ClN2O2. The fraction of sp³-hybridized carbons (Fsp3) is 0.375. The Morgan fingerprint density at radius 2 is 2.29 bits per heavy atom. The Bertz CT molecular complexity index is 674. The monoisotopic (exact) mass is 304 g/mol. The number of carbonyl (C=O) groups excluding carboxylic acids is 1. The van der Waals surface area contributed by atoms with E-state index in [1.54, 1.807) is 6.20 Å². The number of amides is 1. The topological polar surface area (TPSA) is 51.2 Å². The van der Waals surface area contributed by atoms with Crippen LogP contribution in [0.25, 0.3) is 10.9 Å². The molecule has 1 heterocycles. The molecule has 1 fully saturated rings. The van der Waals surface area contributed by atoms with Crippen LogP contribution in [0.3, 0.4) is 0 Å². The summed E-state index contributed by atoms with van der Waals surface area (Å²) in [5, 5.41) is 4.01. The molecule has 1 aliphatic rings. The van der Waals surface area contributed by atoms with Crippen LogP contribution < -0.4 is 10.1 Å². The third kappa shape index (κ3) is 3.45. The maximum absolute atomic E-state index is 11.0. The summed E-state index contributed by atoms with van der Waals surface area (Å²) in [6.45, 7) is 2.14. The van der Waals surface area contributed by atoms with Crippen LogP contribution in [0.2, 0.25) is 0 Å². The zero-order chi connectivity index (χ0) is 14.8. The van der Waals surface area contributed by atoms with Gasteiger partial charge in [0.05, 0.1) is 10.9 Å². The molecule has 0 saturated heterocycles. The molecule has 1 aromatic heterocycles. The number of hydrogen-bond acceptors (Lipinski definition) is 3. The van der Waals surface area contributed by atoms with Crippen molar-refractivity contribution in [1.82, 2.24) is 10.3 Å². The van der Waals surface area contributed by atoms with Crippen LogP contribution in [-0.4, -0.2) is 28.9 Å². The van der Waals surface area contributed by atoms with E-state index in [1.165, 1.54) is 6.92 Å². The molecular weight excluding hydrogens is 288 g/mol. The van der Waals surface area contributed by atoms with Crippen molar-refractivity contribution in [2.75, 3.05) is 6.54 Å². The molecule has 5 heteroatoms. The Morgan fingerprint density at radius 3 is 3.00 bits per heavy atom. The smallest absolute Gasteiger partial charge is 0.216 e. The van der Waals surface area contributed by atoms with Crippen molar-refractivity contribution < 1.29 is 9.53 Å². The second kappa shape index (κ2) is 5.90. The molecule has 1 N–H and O–H groups in total. The van der Waals surface area contributed by atoms with E-state index < -0.39 is 0 Å². The van der Waals surface area contributed by atoms with Gasteiger partial charge in [-0.15, -0.1) is 11.6 Å². The highest BCUT2D eigenvalue weighted by atomic mass is 35.5. The second-order valence-electron chi connectivity index (χ2n) is 5.29. The van der Waals surface area contributed by atoms with E-state index in [0.717, 1.165) is 35.1 Å². The van der Waals surface area contributed by atoms with Crippen molar-refractivity contribution in [3.05, 3.63) is 36.0 Å². The maximum Gasteiger partial charge on any atom is 0.216 e. The Kier molecular flexibility index (Phi) is 3.97. The van der Waals surface area contributed by atoms with Crippen molar-refractivity contribution in [2.45, 2.75) is 31.2 Å². The van der Waals surface area contributed by atoms with Gasteiger partial charge in [-0.05, 0) is 36.2 Å². The summed E-state index contributed by atoms with van der Waals surface area (Å²) >= 11 is 5.97. The lowest BCUT2D eigenvalue weighted by atomic mass is 10.1. The largest absolute Gasteiger partial charge is 0.489 e. The lowest BCUT2D eigenvalue weighted by Crippen LogP contribution is -2.22. The number of halogens is 1. The van der Waals surface area contributed by atoms with Crippen molar-refractivity contribution in [3.63, 3.8) is 0 Å². The van der Waals surface area contributed by atoms with Gasteiger partial charge in [0.15, 0.2) is 0 Å². The number of alkyl halides is 1. The first-order valence-corrected chi connectivity index (χ1v) is 7.50. The predicted molar refractivity (Wildman–Crippen MR) is 82.8 cm³/mol. The quantitative estimate of drug-likeness (QED) is 0.864. The van der Waals surface area contributed by atoms with Gasteiger partial charge in [-0.1, -0.05) is 0 Å². The van der Waals surface area contributed by atoms with Crippen molar-refractivity contribution in [2.24, 2.45) is 0 Å². The van der Waals surface area contributed by atoms with Crippen molar-refractivity contribution in [3.8, 4) is 5.75 Å². The lowest BCUT2D eigenvalue weighted by Gasteiger charge is -2.09. The van der Waals surface area contributed by atoms with E-state index in [1.807, 2.05) is 24.3 Å². The van der Waals surface area contributed by atoms with Crippen molar-refractivity contribution in [1.29, 1.82) is 0 Å². The number of nitrogens with one attached hydrogen (secondary N) is 1. The number of aromatic nitrogens is 1. The molecule has 0 bridgehead atoms. The maximum atomic E-state index is 11.0. The van der Waals surface area contributed by atoms with Gasteiger partial charge in [0, 0.05) is 31.5 Å². The number of hydrogen-bond donors (Lipinski definition) is 1. The zero-order valence-corrected chi connectivity index (χ0v) is 12.6. The van der Waals surface area contributed by atoms with Gasteiger partial charge >= 0.3 is 0 Å². The second-order valence-corrected chi connectivity index (χ2v) is 5.85. The molecule has 3 rings (SSSR count). The van der Waals surface area contributed by atoms with E-state index >= 15 is 0 Å². The summed E-state index contributed by atoms with van der Waals surface area (Å²) in [4.78, 5) is 15.3. The number of benzene rings is 1. The Labute approximate surface area is 128 Å². The normalized spacial score (nSPS) is 20.3. The number of nitrogens with zero attached hydrogens (tertiary/aromatic N) is 1. The van der Waals surface area contributed by atoms with E-state index in [0.29, 0.717) is 6.54 Å². The first-order chi connectivity index (χ1) is 10.1. The zero-order valence-electron chi connectivity index (χ0n) is 11.8. The Balaban J connectivity index is 1.81. The molecule has 0 spiro atoms. The van der Waals surface area contributed by atoms with Gasteiger partial charge in [0.2, 0.25) is 5.91 Å². The van der Waals surface area contributed by atoms with Crippen molar-refractivity contribution >= 4 is 28.4 Å². The molecule has 2 aromatic rings. The predicted octanol–water partition coefficient (Wildman–Crippen LogP) is 2.67. The molecule has 110 valence electrons. The third-order valence-electron chi connectivity index (χ3n) is 3.52. The van der Waals surface area contributed by atoms with Crippen LogP contribution >= 0.6 is 11.6 Å². The molecule has 1 aromatic carbocycles. The summed E-state index contributed by atoms with van der Waals surface area (Å²) in [6.07, 6.45) is 3.59. The van der Waals surface area contributed by atoms with Crippen LogP contribution in [0.4, 0.5) is 0 Å². The summed E-state index contributed by atoms with van der Waals surface area (Å²) in [7, 11) is 0.